The first-order valence-corrected chi connectivity index (χ1v) is 27.0. The monoisotopic (exact) mass is 985 g/mol. The first kappa shape index (κ1) is 66.2. The van der Waals surface area contributed by atoms with Gasteiger partial charge in [-0.25, -0.2) is 4.79 Å². The molecule has 0 saturated heterocycles. The van der Waals surface area contributed by atoms with E-state index in [1.165, 1.54) is 19.3 Å². The number of likely N-dealkylation sites (N-methyl/N-ethyl adjacent to an activating group) is 1. The topological polar surface area (TPSA) is 108 Å². The molecule has 0 aliphatic rings. The second kappa shape index (κ2) is 51.5. The van der Waals surface area contributed by atoms with Crippen molar-refractivity contribution in [2.24, 2.45) is 0 Å². The lowest BCUT2D eigenvalue weighted by atomic mass is 10.1. The number of carboxylic acid groups (broad SMARTS) is 1. The maximum Gasteiger partial charge on any atom is 0.361 e. The summed E-state index contributed by atoms with van der Waals surface area (Å²) in [6.07, 6.45) is 72.1. The molecule has 0 aromatic heterocycles. The summed E-state index contributed by atoms with van der Waals surface area (Å²) in [7, 11) is 5.92. The Morgan fingerprint density at radius 3 is 1.17 bits per heavy atom. The number of quaternary nitrogens is 1. The fourth-order valence-electron chi connectivity index (χ4n) is 6.50. The van der Waals surface area contributed by atoms with Crippen LogP contribution >= 0.6 is 0 Å². The van der Waals surface area contributed by atoms with Crippen LogP contribution in [0.3, 0.4) is 0 Å². The van der Waals surface area contributed by atoms with Gasteiger partial charge in [0.15, 0.2) is 6.10 Å². The third kappa shape index (κ3) is 52.8. The molecule has 9 nitrogen and oxygen atoms in total. The zero-order chi connectivity index (χ0) is 52.0. The SMILES string of the molecule is CC/C=C\C/C=C\C/C=C\C/C=C\C/C=C\C/C=C\C/C=C\C/C=C\C/C=C\CCCC(=O)OC(COC(=O)CCCCCCCCC/C=C\C/C=C\C/C=C\CC)COC(OCC[N+](C)(C)C)C(=O)O. The second-order valence-corrected chi connectivity index (χ2v) is 18.4. The lowest BCUT2D eigenvalue weighted by Crippen LogP contribution is -2.40. The van der Waals surface area contributed by atoms with Crippen molar-refractivity contribution in [2.45, 2.75) is 180 Å². The largest absolute Gasteiger partial charge is 0.477 e. The average Bonchev–Trinajstić information content (AvgIpc) is 3.34. The Morgan fingerprint density at radius 1 is 0.423 bits per heavy atom. The van der Waals surface area contributed by atoms with Crippen molar-refractivity contribution in [3.05, 3.63) is 146 Å². The Hall–Kier alpha value is -4.83. The number of nitrogens with zero attached hydrogens (tertiary/aromatic N) is 1. The number of allylic oxidation sites excluding steroid dienone is 24. The van der Waals surface area contributed by atoms with Gasteiger partial charge in [-0.2, -0.15) is 0 Å². The van der Waals surface area contributed by atoms with E-state index in [9.17, 15) is 19.5 Å². The first-order chi connectivity index (χ1) is 34.6. The van der Waals surface area contributed by atoms with E-state index < -0.39 is 24.3 Å². The zero-order valence-corrected chi connectivity index (χ0v) is 45.1. The molecular formula is C62H98NO8+. The summed E-state index contributed by atoms with van der Waals surface area (Å²) in [5.74, 6) is -2.12. The molecule has 9 heteroatoms. The molecule has 0 aliphatic carbocycles. The Morgan fingerprint density at radius 2 is 0.775 bits per heavy atom. The number of carbonyl (C=O) groups excluding carboxylic acids is 2. The highest BCUT2D eigenvalue weighted by molar-refractivity contribution is 5.71. The summed E-state index contributed by atoms with van der Waals surface area (Å²) in [6.45, 7) is 4.54. The van der Waals surface area contributed by atoms with Crippen LogP contribution in [0.25, 0.3) is 0 Å². The van der Waals surface area contributed by atoms with Crippen LogP contribution < -0.4 is 0 Å². The van der Waals surface area contributed by atoms with E-state index in [-0.39, 0.29) is 38.6 Å². The van der Waals surface area contributed by atoms with Crippen molar-refractivity contribution >= 4 is 17.9 Å². The van der Waals surface area contributed by atoms with Gasteiger partial charge in [0.25, 0.3) is 6.29 Å². The average molecular weight is 985 g/mol. The number of ether oxygens (including phenoxy) is 4. The van der Waals surface area contributed by atoms with Gasteiger partial charge in [-0.1, -0.05) is 192 Å². The van der Waals surface area contributed by atoms with Gasteiger partial charge in [0.2, 0.25) is 0 Å². The minimum Gasteiger partial charge on any atom is -0.477 e. The predicted molar refractivity (Wildman–Crippen MR) is 299 cm³/mol. The number of hydrogen-bond donors (Lipinski definition) is 1. The van der Waals surface area contributed by atoms with Crippen molar-refractivity contribution < 1.29 is 42.9 Å². The molecule has 0 bridgehead atoms. The molecule has 1 N–H and O–H groups in total. The molecule has 0 amide bonds. The van der Waals surface area contributed by atoms with Crippen LogP contribution in [0.5, 0.6) is 0 Å². The molecule has 0 spiro atoms. The number of hydrogen-bond acceptors (Lipinski definition) is 7. The second-order valence-electron chi connectivity index (χ2n) is 18.4. The summed E-state index contributed by atoms with van der Waals surface area (Å²) in [6, 6.07) is 0. The van der Waals surface area contributed by atoms with Crippen molar-refractivity contribution in [3.63, 3.8) is 0 Å². The number of esters is 2. The molecule has 0 aliphatic heterocycles. The molecular weight excluding hydrogens is 887 g/mol. The normalized spacial score (nSPS) is 14.0. The molecule has 0 rings (SSSR count). The molecule has 2 unspecified atom stereocenters. The maximum atomic E-state index is 12.8. The molecule has 0 radical (unpaired) electrons. The standard InChI is InChI=1S/C62H97NO8/c1-6-8-10-12-14-16-18-20-22-24-25-26-27-28-29-30-31-32-33-34-35-37-39-41-43-45-47-49-51-53-60(65)71-58(57-70-62(61(66)67)68-55-54-63(3,4)5)56-69-59(64)52-50-48-46-44-42-40-38-36-23-21-19-17-15-13-11-9-7-2/h8-11,14-17,20-23,25-26,28-29,31-32,34-35,39,41,45,47,58,62H,6-7,12-13,18-19,24,27,30,33,36-38,40,42-44,46,48-57H2,1-5H3/p+1/b10-8-,11-9-,16-14-,17-15-,22-20-,23-21-,26-25-,29-28-,32-31-,35-34-,41-39-,47-45-. The lowest BCUT2D eigenvalue weighted by Gasteiger charge is -2.25. The summed E-state index contributed by atoms with van der Waals surface area (Å²) < 4.78 is 22.7. The molecule has 0 aromatic rings. The van der Waals surface area contributed by atoms with Crippen LogP contribution in [-0.2, 0) is 33.3 Å². The molecule has 398 valence electrons. The fourth-order valence-corrected chi connectivity index (χ4v) is 6.50. The fraction of sp³-hybridized carbons (Fsp3) is 0.565. The molecule has 0 saturated carbocycles. The van der Waals surface area contributed by atoms with Crippen molar-refractivity contribution in [1.82, 2.24) is 0 Å². The summed E-state index contributed by atoms with van der Waals surface area (Å²) >= 11 is 0. The predicted octanol–water partition coefficient (Wildman–Crippen LogP) is 15.7. The number of carboxylic acids is 1. The minimum atomic E-state index is -1.54. The Bertz CT molecular complexity index is 1670. The van der Waals surface area contributed by atoms with E-state index in [4.69, 9.17) is 18.9 Å². The summed E-state index contributed by atoms with van der Waals surface area (Å²) in [5.41, 5.74) is 0. The highest BCUT2D eigenvalue weighted by atomic mass is 16.7. The third-order valence-electron chi connectivity index (χ3n) is 10.6. The zero-order valence-electron chi connectivity index (χ0n) is 45.1. The highest BCUT2D eigenvalue weighted by Crippen LogP contribution is 2.12. The molecule has 71 heavy (non-hydrogen) atoms. The Kier molecular flexibility index (Phi) is 48.0. The van der Waals surface area contributed by atoms with Crippen LogP contribution in [0.15, 0.2) is 146 Å². The van der Waals surface area contributed by atoms with Gasteiger partial charge < -0.3 is 28.5 Å². The highest BCUT2D eigenvalue weighted by Gasteiger charge is 2.25. The van der Waals surface area contributed by atoms with E-state index in [1.807, 2.05) is 21.1 Å². The van der Waals surface area contributed by atoms with E-state index >= 15 is 0 Å². The summed E-state index contributed by atoms with van der Waals surface area (Å²) in [4.78, 5) is 37.3. The van der Waals surface area contributed by atoms with Gasteiger partial charge in [-0.15, -0.1) is 0 Å². The van der Waals surface area contributed by atoms with Crippen molar-refractivity contribution in [2.75, 3.05) is 47.5 Å². The Labute approximate surface area is 432 Å². The number of aliphatic carboxylic acids is 1. The van der Waals surface area contributed by atoms with E-state index in [0.29, 0.717) is 23.9 Å². The van der Waals surface area contributed by atoms with Crippen molar-refractivity contribution in [3.8, 4) is 0 Å². The third-order valence-corrected chi connectivity index (χ3v) is 10.6. The minimum absolute atomic E-state index is 0.166. The van der Waals surface area contributed by atoms with Crippen LogP contribution in [0.4, 0.5) is 0 Å². The molecule has 2 atom stereocenters. The number of unbranched alkanes of at least 4 members (excludes halogenated alkanes) is 8. The molecule has 0 aromatic carbocycles. The summed E-state index contributed by atoms with van der Waals surface area (Å²) in [5, 5.41) is 9.68. The van der Waals surface area contributed by atoms with Crippen molar-refractivity contribution in [1.29, 1.82) is 0 Å². The van der Waals surface area contributed by atoms with Crippen LogP contribution in [0.1, 0.15) is 168 Å². The molecule has 0 fully saturated rings. The quantitative estimate of drug-likeness (QED) is 0.0211. The lowest BCUT2D eigenvalue weighted by molar-refractivity contribution is -0.870. The number of rotatable bonds is 47. The van der Waals surface area contributed by atoms with Gasteiger partial charge >= 0.3 is 17.9 Å². The van der Waals surface area contributed by atoms with Crippen LogP contribution in [-0.4, -0.2) is 87.4 Å². The van der Waals surface area contributed by atoms with Crippen LogP contribution in [0.2, 0.25) is 0 Å². The number of carbonyl (C=O) groups is 3. The van der Waals surface area contributed by atoms with E-state index in [1.54, 1.807) is 0 Å². The molecule has 0 heterocycles. The van der Waals surface area contributed by atoms with Gasteiger partial charge in [-0.3, -0.25) is 9.59 Å². The van der Waals surface area contributed by atoms with Gasteiger partial charge in [0.1, 0.15) is 13.2 Å². The van der Waals surface area contributed by atoms with Gasteiger partial charge in [0.05, 0.1) is 34.4 Å². The van der Waals surface area contributed by atoms with Gasteiger partial charge in [-0.05, 0) is 109 Å². The van der Waals surface area contributed by atoms with E-state index in [2.05, 4.69) is 160 Å². The maximum absolute atomic E-state index is 12.8. The first-order valence-electron chi connectivity index (χ1n) is 27.0. The van der Waals surface area contributed by atoms with Crippen LogP contribution in [0, 0.1) is 0 Å². The van der Waals surface area contributed by atoms with E-state index in [0.717, 1.165) is 109 Å². The van der Waals surface area contributed by atoms with Gasteiger partial charge in [0, 0.05) is 12.8 Å². The smallest absolute Gasteiger partial charge is 0.361 e. The Balaban J connectivity index is 4.46.